The fraction of sp³-hybridized carbons (Fsp3) is 0.800. The molecule has 15 heavy (non-hydrogen) atoms. The van der Waals surface area contributed by atoms with Gasteiger partial charge in [-0.1, -0.05) is 6.58 Å². The van der Waals surface area contributed by atoms with Gasteiger partial charge in [0.1, 0.15) is 0 Å². The summed E-state index contributed by atoms with van der Waals surface area (Å²) in [6.45, 7) is 10.3. The number of hydrogen-bond donors (Lipinski definition) is 1. The summed E-state index contributed by atoms with van der Waals surface area (Å²) in [6.07, 6.45) is 1.32. The monoisotopic (exact) mass is 211 g/mol. The third-order valence-electron chi connectivity index (χ3n) is 3.42. The summed E-state index contributed by atoms with van der Waals surface area (Å²) in [6, 6.07) is 1.26. The molecule has 2 atom stereocenters. The number of hydrogen-bond acceptors (Lipinski definition) is 5. The smallest absolute Gasteiger partial charge is 0.0372 e. The van der Waals surface area contributed by atoms with Gasteiger partial charge in [-0.05, 0) is 13.1 Å². The van der Waals surface area contributed by atoms with E-state index in [9.17, 15) is 5.21 Å². The molecule has 0 bridgehead atoms. The molecule has 2 rings (SSSR count). The standard InChI is InChI=1S/C10H19N4O/c1-3-14(15)13-6-4-12(5-7-13)10-8-11-9(10)2/h3,9-11H,1,4-8H2,2H3/q-1/t9-,10?/m0/s1. The maximum absolute atomic E-state index is 11.3. The topological polar surface area (TPSA) is 44.8 Å². The van der Waals surface area contributed by atoms with Gasteiger partial charge in [-0.25, -0.2) is 5.01 Å². The van der Waals surface area contributed by atoms with Crippen molar-refractivity contribution >= 4 is 0 Å². The highest BCUT2D eigenvalue weighted by molar-refractivity contribution is 4.94. The van der Waals surface area contributed by atoms with Crippen molar-refractivity contribution in [2.75, 3.05) is 32.7 Å². The van der Waals surface area contributed by atoms with E-state index in [1.54, 1.807) is 5.01 Å². The summed E-state index contributed by atoms with van der Waals surface area (Å²) in [5.41, 5.74) is 0. The Labute approximate surface area is 90.9 Å². The largest absolute Gasteiger partial charge is 0.743 e. The molecule has 5 nitrogen and oxygen atoms in total. The Morgan fingerprint density at radius 2 is 2.07 bits per heavy atom. The minimum atomic E-state index is 0.597. The van der Waals surface area contributed by atoms with E-state index in [2.05, 4.69) is 23.7 Å². The summed E-state index contributed by atoms with van der Waals surface area (Å²) in [7, 11) is 0. The van der Waals surface area contributed by atoms with Crippen molar-refractivity contribution in [2.24, 2.45) is 0 Å². The van der Waals surface area contributed by atoms with E-state index in [0.29, 0.717) is 12.1 Å². The second-order valence-corrected chi connectivity index (χ2v) is 4.24. The third-order valence-corrected chi connectivity index (χ3v) is 3.42. The first-order valence-electron chi connectivity index (χ1n) is 5.53. The van der Waals surface area contributed by atoms with Gasteiger partial charge >= 0.3 is 0 Å². The lowest BCUT2D eigenvalue weighted by Crippen LogP contribution is -2.66. The van der Waals surface area contributed by atoms with Gasteiger partial charge in [0, 0.05) is 44.8 Å². The zero-order valence-electron chi connectivity index (χ0n) is 9.22. The van der Waals surface area contributed by atoms with Crippen molar-refractivity contribution in [3.05, 3.63) is 18.0 Å². The number of nitrogens with zero attached hydrogens (tertiary/aromatic N) is 3. The summed E-state index contributed by atoms with van der Waals surface area (Å²) in [4.78, 5) is 2.47. The lowest BCUT2D eigenvalue weighted by atomic mass is 10.00. The fourth-order valence-corrected chi connectivity index (χ4v) is 2.26. The molecule has 86 valence electrons. The van der Waals surface area contributed by atoms with Gasteiger partial charge in [0.2, 0.25) is 0 Å². The van der Waals surface area contributed by atoms with Crippen molar-refractivity contribution in [1.82, 2.24) is 20.4 Å². The second-order valence-electron chi connectivity index (χ2n) is 4.24. The van der Waals surface area contributed by atoms with E-state index < -0.39 is 0 Å². The maximum Gasteiger partial charge on any atom is 0.0372 e. The molecule has 2 aliphatic rings. The SMILES string of the molecule is C=CN([O-])N1CCN(C2CN[C@H]2C)CC1. The van der Waals surface area contributed by atoms with Gasteiger partial charge in [-0.15, -0.1) is 0 Å². The highest BCUT2D eigenvalue weighted by atomic mass is 16.5. The highest BCUT2D eigenvalue weighted by Gasteiger charge is 2.33. The van der Waals surface area contributed by atoms with Crippen molar-refractivity contribution in [3.8, 4) is 0 Å². The zero-order valence-corrected chi connectivity index (χ0v) is 9.22. The molecule has 2 aliphatic heterocycles. The average molecular weight is 211 g/mol. The lowest BCUT2D eigenvalue weighted by molar-refractivity contribution is -0.0178. The lowest BCUT2D eigenvalue weighted by Gasteiger charge is -2.50. The van der Waals surface area contributed by atoms with Crippen LogP contribution in [0.5, 0.6) is 0 Å². The van der Waals surface area contributed by atoms with Crippen LogP contribution in [-0.4, -0.2) is 59.9 Å². The normalized spacial score (nSPS) is 33.5. The van der Waals surface area contributed by atoms with Crippen molar-refractivity contribution in [2.45, 2.75) is 19.0 Å². The molecule has 0 amide bonds. The number of piperazine rings is 1. The Bertz CT molecular complexity index is 227. The van der Waals surface area contributed by atoms with E-state index in [1.165, 1.54) is 6.20 Å². The van der Waals surface area contributed by atoms with Crippen molar-refractivity contribution < 1.29 is 0 Å². The first kappa shape index (κ1) is 10.9. The number of nitrogens with one attached hydrogen (secondary N) is 1. The van der Waals surface area contributed by atoms with E-state index in [4.69, 9.17) is 0 Å². The molecule has 1 unspecified atom stereocenters. The van der Waals surface area contributed by atoms with Crippen LogP contribution in [0, 0.1) is 5.21 Å². The Kier molecular flexibility index (Phi) is 3.25. The van der Waals surface area contributed by atoms with Gasteiger partial charge in [-0.3, -0.25) is 4.90 Å². The fourth-order valence-electron chi connectivity index (χ4n) is 2.26. The van der Waals surface area contributed by atoms with E-state index in [0.717, 1.165) is 37.9 Å². The van der Waals surface area contributed by atoms with E-state index in [-0.39, 0.29) is 0 Å². The second kappa shape index (κ2) is 4.49. The predicted molar refractivity (Wildman–Crippen MR) is 59.8 cm³/mol. The van der Waals surface area contributed by atoms with Crippen LogP contribution in [0.4, 0.5) is 0 Å². The van der Waals surface area contributed by atoms with Gasteiger partial charge in [-0.2, -0.15) is 0 Å². The molecule has 0 radical (unpaired) electrons. The van der Waals surface area contributed by atoms with Crippen LogP contribution in [0.3, 0.4) is 0 Å². The summed E-state index contributed by atoms with van der Waals surface area (Å²) >= 11 is 0. The Hall–Kier alpha value is -0.620. The number of hydrazine groups is 1. The highest BCUT2D eigenvalue weighted by Crippen LogP contribution is 2.15. The molecule has 0 saturated carbocycles. The maximum atomic E-state index is 11.3. The van der Waals surface area contributed by atoms with Crippen LogP contribution in [-0.2, 0) is 0 Å². The van der Waals surface area contributed by atoms with Crippen LogP contribution in [0.2, 0.25) is 0 Å². The van der Waals surface area contributed by atoms with Gasteiger partial charge in [0.05, 0.1) is 0 Å². The minimum Gasteiger partial charge on any atom is -0.743 e. The first-order chi connectivity index (χ1) is 7.22. The molecule has 2 heterocycles. The number of hydroxylamine groups is 1. The molecular weight excluding hydrogens is 192 g/mol. The summed E-state index contributed by atoms with van der Waals surface area (Å²) in [5, 5.41) is 17.3. The van der Waals surface area contributed by atoms with Crippen LogP contribution in [0.15, 0.2) is 12.8 Å². The van der Waals surface area contributed by atoms with E-state index >= 15 is 0 Å². The third kappa shape index (κ3) is 2.15. The molecule has 0 aromatic carbocycles. The summed E-state index contributed by atoms with van der Waals surface area (Å²) in [5.74, 6) is 0. The van der Waals surface area contributed by atoms with Crippen LogP contribution >= 0.6 is 0 Å². The molecule has 2 fully saturated rings. The van der Waals surface area contributed by atoms with Gasteiger partial charge in [0.15, 0.2) is 0 Å². The Morgan fingerprint density at radius 1 is 1.40 bits per heavy atom. The van der Waals surface area contributed by atoms with Crippen molar-refractivity contribution in [3.63, 3.8) is 0 Å². The summed E-state index contributed by atoms with van der Waals surface area (Å²) < 4.78 is 0. The quantitative estimate of drug-likeness (QED) is 0.656. The Morgan fingerprint density at radius 3 is 2.47 bits per heavy atom. The molecule has 1 N–H and O–H groups in total. The van der Waals surface area contributed by atoms with Gasteiger partial charge in [0.25, 0.3) is 0 Å². The molecule has 0 spiro atoms. The van der Waals surface area contributed by atoms with Crippen LogP contribution < -0.4 is 5.32 Å². The first-order valence-corrected chi connectivity index (χ1v) is 5.53. The van der Waals surface area contributed by atoms with E-state index in [1.807, 2.05) is 0 Å². The number of rotatable bonds is 3. The average Bonchev–Trinajstić information content (AvgIpc) is 2.27. The Balaban J connectivity index is 1.79. The molecule has 2 saturated heterocycles. The van der Waals surface area contributed by atoms with Crippen LogP contribution in [0.25, 0.3) is 0 Å². The zero-order chi connectivity index (χ0) is 10.8. The van der Waals surface area contributed by atoms with Gasteiger partial charge < -0.3 is 15.7 Å². The van der Waals surface area contributed by atoms with Crippen LogP contribution in [0.1, 0.15) is 6.92 Å². The molecular formula is C10H19N4O-. The van der Waals surface area contributed by atoms with Crippen molar-refractivity contribution in [1.29, 1.82) is 0 Å². The molecule has 5 heteroatoms. The predicted octanol–water partition coefficient (Wildman–Crippen LogP) is -0.177. The molecule has 0 aromatic rings. The molecule has 0 aromatic heterocycles. The molecule has 0 aliphatic carbocycles. The minimum absolute atomic E-state index is 0.597.